The maximum Gasteiger partial charge on any atom is 0.337 e. The van der Waals surface area contributed by atoms with Gasteiger partial charge in [0.25, 0.3) is 0 Å². The summed E-state index contributed by atoms with van der Waals surface area (Å²) in [6.45, 7) is 2.37. The van der Waals surface area contributed by atoms with Crippen LogP contribution in [0.15, 0.2) is 24.4 Å². The number of carboxylic acid groups (broad SMARTS) is 2. The first-order valence-corrected chi connectivity index (χ1v) is 8.76. The van der Waals surface area contributed by atoms with Crippen molar-refractivity contribution in [3.05, 3.63) is 57.1 Å². The first-order valence-electron chi connectivity index (χ1n) is 8.00. The van der Waals surface area contributed by atoms with E-state index in [9.17, 15) is 9.59 Å². The highest BCUT2D eigenvalue weighted by Gasteiger charge is 2.17. The van der Waals surface area contributed by atoms with Crippen molar-refractivity contribution >= 4 is 41.2 Å². The van der Waals surface area contributed by atoms with Gasteiger partial charge in [0.2, 0.25) is 0 Å². The summed E-state index contributed by atoms with van der Waals surface area (Å²) < 4.78 is 1.85. The third-order valence-corrected chi connectivity index (χ3v) is 4.76. The van der Waals surface area contributed by atoms with Gasteiger partial charge in [0.1, 0.15) is 5.82 Å². The summed E-state index contributed by atoms with van der Waals surface area (Å²) in [6, 6.07) is 3.01. The fourth-order valence-corrected chi connectivity index (χ4v) is 2.97. The summed E-state index contributed by atoms with van der Waals surface area (Å²) in [5.41, 5.74) is 1.18. The van der Waals surface area contributed by atoms with Crippen molar-refractivity contribution in [3.63, 3.8) is 0 Å². The van der Waals surface area contributed by atoms with Crippen molar-refractivity contribution in [1.82, 2.24) is 9.55 Å². The van der Waals surface area contributed by atoms with Gasteiger partial charge in [-0.3, -0.25) is 0 Å². The van der Waals surface area contributed by atoms with E-state index < -0.39 is 11.9 Å². The van der Waals surface area contributed by atoms with Crippen molar-refractivity contribution < 1.29 is 19.8 Å². The number of carbonyl (C=O) groups is 2. The van der Waals surface area contributed by atoms with Crippen LogP contribution in [0, 0.1) is 0 Å². The lowest BCUT2D eigenvalue weighted by Crippen LogP contribution is -2.09. The predicted molar refractivity (Wildman–Crippen MR) is 100 cm³/mol. The first-order chi connectivity index (χ1) is 12.3. The van der Waals surface area contributed by atoms with Gasteiger partial charge in [-0.05, 0) is 24.1 Å². The highest BCUT2D eigenvalue weighted by molar-refractivity contribution is 6.44. The van der Waals surface area contributed by atoms with Crippen LogP contribution >= 0.6 is 23.2 Å². The maximum absolute atomic E-state index is 11.2. The number of nitrogens with zero attached hydrogens (tertiary/aromatic N) is 2. The van der Waals surface area contributed by atoms with E-state index in [1.165, 1.54) is 12.1 Å². The van der Waals surface area contributed by atoms with E-state index in [1.54, 1.807) is 12.3 Å². The number of aliphatic carboxylic acids is 1. The van der Waals surface area contributed by atoms with Crippen molar-refractivity contribution in [2.75, 3.05) is 0 Å². The number of aryl methyl sites for hydroxylation is 1. The van der Waals surface area contributed by atoms with Crippen LogP contribution in [0.1, 0.15) is 47.2 Å². The number of benzene rings is 1. The molecule has 0 aliphatic heterocycles. The quantitative estimate of drug-likeness (QED) is 0.645. The van der Waals surface area contributed by atoms with E-state index >= 15 is 0 Å². The van der Waals surface area contributed by atoms with Crippen molar-refractivity contribution in [2.24, 2.45) is 0 Å². The Hall–Kier alpha value is -2.31. The lowest BCUT2D eigenvalue weighted by atomic mass is 10.1. The Labute approximate surface area is 160 Å². The topological polar surface area (TPSA) is 92.4 Å². The molecule has 0 spiro atoms. The van der Waals surface area contributed by atoms with E-state index in [0.29, 0.717) is 17.8 Å². The molecule has 0 unspecified atom stereocenters. The summed E-state index contributed by atoms with van der Waals surface area (Å²) in [6.07, 6.45) is 6.77. The van der Waals surface area contributed by atoms with Crippen LogP contribution in [0.2, 0.25) is 10.0 Å². The zero-order valence-electron chi connectivity index (χ0n) is 14.1. The fraction of sp³-hybridized carbons (Fsp3) is 0.278. The zero-order valence-corrected chi connectivity index (χ0v) is 15.6. The van der Waals surface area contributed by atoms with Crippen molar-refractivity contribution in [2.45, 2.75) is 32.7 Å². The monoisotopic (exact) mass is 396 g/mol. The molecule has 0 saturated carbocycles. The SMILES string of the molecule is CCCCc1ncc(/C=C/C(=O)O)n1Cc1ccc(C(=O)O)c(Cl)c1Cl. The smallest absolute Gasteiger partial charge is 0.337 e. The first kappa shape index (κ1) is 20.0. The zero-order chi connectivity index (χ0) is 19.3. The lowest BCUT2D eigenvalue weighted by Gasteiger charge is -2.13. The minimum absolute atomic E-state index is 0.0190. The van der Waals surface area contributed by atoms with Crippen LogP contribution in [0.5, 0.6) is 0 Å². The third kappa shape index (κ3) is 4.65. The summed E-state index contributed by atoms with van der Waals surface area (Å²) in [4.78, 5) is 26.3. The molecule has 0 saturated heterocycles. The summed E-state index contributed by atoms with van der Waals surface area (Å²) >= 11 is 12.3. The molecule has 0 bridgehead atoms. The molecule has 1 aromatic carbocycles. The molecule has 1 heterocycles. The molecular formula is C18H18Cl2N2O4. The molecule has 0 atom stereocenters. The van der Waals surface area contributed by atoms with Gasteiger partial charge in [0.15, 0.2) is 0 Å². The van der Waals surface area contributed by atoms with E-state index in [4.69, 9.17) is 33.4 Å². The lowest BCUT2D eigenvalue weighted by molar-refractivity contribution is -0.131. The summed E-state index contributed by atoms with van der Waals surface area (Å²) in [5, 5.41) is 18.1. The number of aromatic carboxylic acids is 1. The van der Waals surface area contributed by atoms with Crippen LogP contribution in [0.3, 0.4) is 0 Å². The molecule has 0 amide bonds. The molecule has 0 radical (unpaired) electrons. The van der Waals surface area contributed by atoms with Crippen LogP contribution in [0.4, 0.5) is 0 Å². The van der Waals surface area contributed by atoms with Gasteiger partial charge in [0.05, 0.1) is 34.0 Å². The standard InChI is InChI=1S/C18H18Cl2N2O4/c1-2-3-4-14-21-9-12(6-8-15(23)24)22(14)10-11-5-7-13(18(25)26)17(20)16(11)19/h5-9H,2-4,10H2,1H3,(H,23,24)(H,25,26)/b8-6+. The minimum atomic E-state index is -1.15. The largest absolute Gasteiger partial charge is 0.478 e. The van der Waals surface area contributed by atoms with Gasteiger partial charge in [-0.2, -0.15) is 0 Å². The van der Waals surface area contributed by atoms with Crippen LogP contribution in [-0.4, -0.2) is 31.7 Å². The van der Waals surface area contributed by atoms with Crippen molar-refractivity contribution in [1.29, 1.82) is 0 Å². The summed E-state index contributed by atoms with van der Waals surface area (Å²) in [5.74, 6) is -1.41. The number of hydrogen-bond donors (Lipinski definition) is 2. The second kappa shape index (κ2) is 8.87. The summed E-state index contributed by atoms with van der Waals surface area (Å²) in [7, 11) is 0. The number of imidazole rings is 1. The Morgan fingerprint density at radius 1 is 1.23 bits per heavy atom. The number of rotatable bonds is 8. The van der Waals surface area contributed by atoms with Gasteiger partial charge >= 0.3 is 11.9 Å². The molecule has 138 valence electrons. The minimum Gasteiger partial charge on any atom is -0.478 e. The van der Waals surface area contributed by atoms with Crippen molar-refractivity contribution in [3.8, 4) is 0 Å². The molecule has 8 heteroatoms. The molecule has 2 N–H and O–H groups in total. The molecular weight excluding hydrogens is 379 g/mol. The Bertz CT molecular complexity index is 859. The molecule has 0 aliphatic carbocycles. The van der Waals surface area contributed by atoms with E-state index in [-0.39, 0.29) is 15.6 Å². The fourth-order valence-electron chi connectivity index (χ4n) is 2.48. The van der Waals surface area contributed by atoms with E-state index in [0.717, 1.165) is 31.2 Å². The average molecular weight is 397 g/mol. The van der Waals surface area contributed by atoms with Gasteiger partial charge in [-0.25, -0.2) is 14.6 Å². The number of unbranched alkanes of at least 4 members (excludes halogenated alkanes) is 1. The Morgan fingerprint density at radius 3 is 2.58 bits per heavy atom. The highest BCUT2D eigenvalue weighted by atomic mass is 35.5. The third-order valence-electron chi connectivity index (χ3n) is 3.84. The van der Waals surface area contributed by atoms with Gasteiger partial charge in [-0.1, -0.05) is 42.6 Å². The van der Waals surface area contributed by atoms with Gasteiger partial charge < -0.3 is 14.8 Å². The van der Waals surface area contributed by atoms with E-state index in [1.807, 2.05) is 4.57 Å². The van der Waals surface area contributed by atoms with Gasteiger partial charge in [-0.15, -0.1) is 0 Å². The molecule has 0 aliphatic rings. The highest BCUT2D eigenvalue weighted by Crippen LogP contribution is 2.31. The number of aromatic nitrogens is 2. The molecule has 0 fully saturated rings. The van der Waals surface area contributed by atoms with E-state index in [2.05, 4.69) is 11.9 Å². The molecule has 2 rings (SSSR count). The Morgan fingerprint density at radius 2 is 1.96 bits per heavy atom. The molecule has 6 nitrogen and oxygen atoms in total. The maximum atomic E-state index is 11.2. The second-order valence-electron chi connectivity index (χ2n) is 5.67. The average Bonchev–Trinajstić information content (AvgIpc) is 2.96. The molecule has 26 heavy (non-hydrogen) atoms. The Kier molecular flexibility index (Phi) is 6.83. The molecule has 2 aromatic rings. The normalized spacial score (nSPS) is 11.2. The van der Waals surface area contributed by atoms with Crippen LogP contribution < -0.4 is 0 Å². The van der Waals surface area contributed by atoms with Crippen LogP contribution in [-0.2, 0) is 17.8 Å². The Balaban J connectivity index is 2.43. The van der Waals surface area contributed by atoms with Crippen LogP contribution in [0.25, 0.3) is 6.08 Å². The second-order valence-corrected chi connectivity index (χ2v) is 6.42. The molecule has 1 aromatic heterocycles. The number of carboxylic acids is 2. The van der Waals surface area contributed by atoms with Gasteiger partial charge in [0, 0.05) is 12.5 Å². The number of halogens is 2. The predicted octanol–water partition coefficient (Wildman–Crippen LogP) is 4.38. The number of hydrogen-bond acceptors (Lipinski definition) is 3.